The predicted molar refractivity (Wildman–Crippen MR) is 71.1 cm³/mol. The molecule has 3 heteroatoms. The Labute approximate surface area is 104 Å². The van der Waals surface area contributed by atoms with E-state index in [1.807, 2.05) is 0 Å². The minimum absolute atomic E-state index is 0.278. The molecule has 2 fully saturated rings. The van der Waals surface area contributed by atoms with Crippen LogP contribution in [0.15, 0.2) is 0 Å². The molecule has 0 bridgehead atoms. The second-order valence-electron chi connectivity index (χ2n) is 5.14. The third-order valence-corrected chi connectivity index (χ3v) is 4.96. The Morgan fingerprint density at radius 2 is 2.19 bits per heavy atom. The van der Waals surface area contributed by atoms with Gasteiger partial charge in [-0.15, -0.1) is 0 Å². The molecule has 0 saturated carbocycles. The fourth-order valence-corrected chi connectivity index (χ4v) is 4.19. The van der Waals surface area contributed by atoms with Crippen LogP contribution in [-0.4, -0.2) is 36.8 Å². The molecule has 1 spiro atoms. The standard InChI is InChI=1S/C13H25NOS/c1-2-14-7-3-12-4-8-15-13(11-12)5-9-16-10-6-13/h12,14H,2-11H2,1H3. The summed E-state index contributed by atoms with van der Waals surface area (Å²) in [5, 5.41) is 3.44. The van der Waals surface area contributed by atoms with E-state index in [0.29, 0.717) is 0 Å². The first-order valence-electron chi connectivity index (χ1n) is 6.77. The van der Waals surface area contributed by atoms with Gasteiger partial charge in [0.25, 0.3) is 0 Å². The van der Waals surface area contributed by atoms with E-state index in [4.69, 9.17) is 4.74 Å². The van der Waals surface area contributed by atoms with Gasteiger partial charge in [-0.2, -0.15) is 11.8 Å². The van der Waals surface area contributed by atoms with Crippen LogP contribution in [0.3, 0.4) is 0 Å². The van der Waals surface area contributed by atoms with Crippen LogP contribution in [-0.2, 0) is 4.74 Å². The topological polar surface area (TPSA) is 21.3 Å². The van der Waals surface area contributed by atoms with Gasteiger partial charge in [-0.25, -0.2) is 0 Å². The summed E-state index contributed by atoms with van der Waals surface area (Å²) in [6.07, 6.45) is 6.51. The zero-order valence-corrected chi connectivity index (χ0v) is 11.3. The van der Waals surface area contributed by atoms with Crippen molar-refractivity contribution in [1.82, 2.24) is 5.32 Å². The first-order chi connectivity index (χ1) is 7.85. The van der Waals surface area contributed by atoms with Crippen molar-refractivity contribution in [2.24, 2.45) is 5.92 Å². The van der Waals surface area contributed by atoms with E-state index < -0.39 is 0 Å². The highest BCUT2D eigenvalue weighted by atomic mass is 32.2. The molecule has 94 valence electrons. The number of hydrogen-bond acceptors (Lipinski definition) is 3. The lowest BCUT2D eigenvalue weighted by atomic mass is 9.80. The molecule has 2 aliphatic rings. The highest BCUT2D eigenvalue weighted by Crippen LogP contribution is 2.40. The first-order valence-corrected chi connectivity index (χ1v) is 7.92. The SMILES string of the molecule is CCNCCC1CCOC2(CCSCC2)C1. The molecule has 2 saturated heterocycles. The molecular weight excluding hydrogens is 218 g/mol. The average Bonchev–Trinajstić information content (AvgIpc) is 2.31. The molecule has 0 radical (unpaired) electrons. The Morgan fingerprint density at radius 3 is 2.94 bits per heavy atom. The van der Waals surface area contributed by atoms with E-state index >= 15 is 0 Å². The lowest BCUT2D eigenvalue weighted by molar-refractivity contribution is -0.103. The molecular formula is C13H25NOS. The predicted octanol–water partition coefficient (Wildman–Crippen LogP) is 2.68. The molecule has 1 N–H and O–H groups in total. The van der Waals surface area contributed by atoms with Gasteiger partial charge in [0.05, 0.1) is 5.60 Å². The molecule has 1 atom stereocenters. The molecule has 0 amide bonds. The highest BCUT2D eigenvalue weighted by Gasteiger charge is 2.38. The first kappa shape index (κ1) is 12.7. The summed E-state index contributed by atoms with van der Waals surface area (Å²) < 4.78 is 6.11. The molecule has 0 aromatic rings. The third-order valence-electron chi connectivity index (χ3n) is 3.98. The van der Waals surface area contributed by atoms with Crippen LogP contribution in [0.2, 0.25) is 0 Å². The third kappa shape index (κ3) is 3.38. The zero-order chi connectivity index (χ0) is 11.3. The van der Waals surface area contributed by atoms with Crippen molar-refractivity contribution in [2.45, 2.75) is 44.6 Å². The van der Waals surface area contributed by atoms with E-state index in [2.05, 4.69) is 24.0 Å². The lowest BCUT2D eigenvalue weighted by Crippen LogP contribution is -2.43. The largest absolute Gasteiger partial charge is 0.375 e. The van der Waals surface area contributed by atoms with Crippen molar-refractivity contribution in [1.29, 1.82) is 0 Å². The number of rotatable bonds is 4. The highest BCUT2D eigenvalue weighted by molar-refractivity contribution is 7.99. The minimum atomic E-state index is 0.278. The average molecular weight is 243 g/mol. The van der Waals surface area contributed by atoms with Crippen molar-refractivity contribution in [2.75, 3.05) is 31.2 Å². The van der Waals surface area contributed by atoms with Crippen LogP contribution in [0.5, 0.6) is 0 Å². The smallest absolute Gasteiger partial charge is 0.0700 e. The van der Waals surface area contributed by atoms with Crippen LogP contribution in [0, 0.1) is 5.92 Å². The zero-order valence-electron chi connectivity index (χ0n) is 10.5. The molecule has 2 aliphatic heterocycles. The normalized spacial score (nSPS) is 29.4. The summed E-state index contributed by atoms with van der Waals surface area (Å²) in [6, 6.07) is 0. The Morgan fingerprint density at radius 1 is 1.38 bits per heavy atom. The second-order valence-corrected chi connectivity index (χ2v) is 6.37. The number of hydrogen-bond donors (Lipinski definition) is 1. The maximum Gasteiger partial charge on any atom is 0.0700 e. The van der Waals surface area contributed by atoms with E-state index in [9.17, 15) is 0 Å². The van der Waals surface area contributed by atoms with Crippen molar-refractivity contribution >= 4 is 11.8 Å². The van der Waals surface area contributed by atoms with Crippen molar-refractivity contribution in [3.63, 3.8) is 0 Å². The number of nitrogens with one attached hydrogen (secondary N) is 1. The molecule has 2 rings (SSSR count). The Balaban J connectivity index is 1.78. The lowest BCUT2D eigenvalue weighted by Gasteiger charge is -2.43. The van der Waals surface area contributed by atoms with E-state index in [-0.39, 0.29) is 5.60 Å². The monoisotopic (exact) mass is 243 g/mol. The van der Waals surface area contributed by atoms with Crippen molar-refractivity contribution < 1.29 is 4.74 Å². The van der Waals surface area contributed by atoms with Gasteiger partial charge >= 0.3 is 0 Å². The molecule has 0 aromatic heterocycles. The van der Waals surface area contributed by atoms with E-state index in [0.717, 1.165) is 19.1 Å². The van der Waals surface area contributed by atoms with Crippen LogP contribution in [0.25, 0.3) is 0 Å². The summed E-state index contributed by atoms with van der Waals surface area (Å²) in [6.45, 7) is 5.47. The fourth-order valence-electron chi connectivity index (χ4n) is 2.95. The van der Waals surface area contributed by atoms with Gasteiger partial charge in [-0.1, -0.05) is 6.92 Å². The maximum absolute atomic E-state index is 6.11. The summed E-state index contributed by atoms with van der Waals surface area (Å²) in [4.78, 5) is 0. The molecule has 2 nitrogen and oxygen atoms in total. The minimum Gasteiger partial charge on any atom is -0.375 e. The van der Waals surface area contributed by atoms with Crippen LogP contribution in [0.4, 0.5) is 0 Å². The van der Waals surface area contributed by atoms with Crippen LogP contribution >= 0.6 is 11.8 Å². The number of ether oxygens (including phenoxy) is 1. The Hall–Kier alpha value is 0.270. The summed E-state index contributed by atoms with van der Waals surface area (Å²) in [5.41, 5.74) is 0.278. The Bertz CT molecular complexity index is 199. The summed E-state index contributed by atoms with van der Waals surface area (Å²) in [7, 11) is 0. The maximum atomic E-state index is 6.11. The molecule has 1 unspecified atom stereocenters. The van der Waals surface area contributed by atoms with Gasteiger partial charge in [0.2, 0.25) is 0 Å². The molecule has 2 heterocycles. The quantitative estimate of drug-likeness (QED) is 0.767. The van der Waals surface area contributed by atoms with Gasteiger partial charge in [0, 0.05) is 6.61 Å². The van der Waals surface area contributed by atoms with Gasteiger partial charge in [0.15, 0.2) is 0 Å². The second kappa shape index (κ2) is 6.27. The van der Waals surface area contributed by atoms with Crippen molar-refractivity contribution in [3.8, 4) is 0 Å². The van der Waals surface area contributed by atoms with Crippen LogP contribution < -0.4 is 5.32 Å². The van der Waals surface area contributed by atoms with Gasteiger partial charge in [-0.05, 0) is 62.6 Å². The Kier molecular flexibility index (Phi) is 4.98. The molecule has 0 aliphatic carbocycles. The number of thioether (sulfide) groups is 1. The van der Waals surface area contributed by atoms with Crippen molar-refractivity contribution in [3.05, 3.63) is 0 Å². The fraction of sp³-hybridized carbons (Fsp3) is 1.00. The van der Waals surface area contributed by atoms with Gasteiger partial charge in [-0.3, -0.25) is 0 Å². The van der Waals surface area contributed by atoms with Gasteiger partial charge in [0.1, 0.15) is 0 Å². The summed E-state index contributed by atoms with van der Waals surface area (Å²) in [5.74, 6) is 3.51. The van der Waals surface area contributed by atoms with Crippen LogP contribution in [0.1, 0.15) is 39.0 Å². The van der Waals surface area contributed by atoms with Gasteiger partial charge < -0.3 is 10.1 Å². The van der Waals surface area contributed by atoms with E-state index in [1.54, 1.807) is 0 Å². The summed E-state index contributed by atoms with van der Waals surface area (Å²) >= 11 is 2.09. The molecule has 0 aromatic carbocycles. The van der Waals surface area contributed by atoms with E-state index in [1.165, 1.54) is 50.2 Å². The molecule has 16 heavy (non-hydrogen) atoms.